The van der Waals surface area contributed by atoms with E-state index in [2.05, 4.69) is 22.6 Å². The molecule has 6 heteroatoms. The Hall–Kier alpha value is -0.950. The number of methoxy groups -OCH3 is 1. The highest BCUT2D eigenvalue weighted by Crippen LogP contribution is 2.44. The lowest BCUT2D eigenvalue weighted by atomic mass is 9.90. The van der Waals surface area contributed by atoms with E-state index in [9.17, 15) is 4.79 Å². The van der Waals surface area contributed by atoms with Gasteiger partial charge in [0, 0.05) is 18.8 Å². The zero-order chi connectivity index (χ0) is 18.1. The Bertz CT molecular complexity index is 424. The minimum Gasteiger partial charge on any atom is -0.469 e. The van der Waals surface area contributed by atoms with Crippen LogP contribution in [0.5, 0.6) is 0 Å². The van der Waals surface area contributed by atoms with E-state index in [1.807, 2.05) is 6.08 Å². The second-order valence-corrected chi connectivity index (χ2v) is 7.07. The summed E-state index contributed by atoms with van der Waals surface area (Å²) in [5, 5.41) is 9.13. The van der Waals surface area contributed by atoms with Gasteiger partial charge in [0.05, 0.1) is 13.2 Å². The fourth-order valence-electron chi connectivity index (χ4n) is 3.93. The Labute approximate surface area is 150 Å². The molecule has 1 N–H and O–H groups in total. The zero-order valence-corrected chi connectivity index (χ0v) is 15.4. The second-order valence-electron chi connectivity index (χ2n) is 7.07. The fourth-order valence-corrected chi connectivity index (χ4v) is 3.93. The maximum atomic E-state index is 11.0. The standard InChI is InChI=1S/C19H32O6/c1-3-15-16(18-13-17(15)24-25-18)12-11-14(23-21)9-7-5-4-6-8-10-19(20)22-2/h11-12,14-18,21H,3-10,13H2,1-2H3/b12-11+/t14-,15-,16+,17+,18-/m0/s1. The Morgan fingerprint density at radius 2 is 1.92 bits per heavy atom. The average molecular weight is 356 g/mol. The van der Waals surface area contributed by atoms with Crippen molar-refractivity contribution in [2.45, 2.75) is 83.0 Å². The van der Waals surface area contributed by atoms with Crippen LogP contribution in [0.4, 0.5) is 0 Å². The molecule has 0 aromatic carbocycles. The monoisotopic (exact) mass is 356 g/mol. The summed E-state index contributed by atoms with van der Waals surface area (Å²) in [6.07, 6.45) is 12.5. The maximum Gasteiger partial charge on any atom is 0.305 e. The largest absolute Gasteiger partial charge is 0.469 e. The maximum absolute atomic E-state index is 11.0. The predicted molar refractivity (Wildman–Crippen MR) is 92.6 cm³/mol. The Morgan fingerprint density at radius 3 is 2.64 bits per heavy atom. The zero-order valence-electron chi connectivity index (χ0n) is 15.4. The molecule has 0 unspecified atom stereocenters. The van der Waals surface area contributed by atoms with Crippen LogP contribution in [0.2, 0.25) is 0 Å². The van der Waals surface area contributed by atoms with E-state index in [4.69, 9.17) is 15.0 Å². The van der Waals surface area contributed by atoms with E-state index in [1.54, 1.807) is 0 Å². The lowest BCUT2D eigenvalue weighted by molar-refractivity contribution is -0.336. The molecule has 2 fully saturated rings. The Kier molecular flexibility index (Phi) is 8.89. The number of carbonyl (C=O) groups is 1. The number of hydrogen-bond acceptors (Lipinski definition) is 6. The minimum absolute atomic E-state index is 0.139. The van der Waals surface area contributed by atoms with E-state index >= 15 is 0 Å². The highest BCUT2D eigenvalue weighted by Gasteiger charge is 2.48. The highest BCUT2D eigenvalue weighted by molar-refractivity contribution is 5.68. The number of unbranched alkanes of at least 4 members (excludes halogenated alkanes) is 4. The molecule has 1 aliphatic carbocycles. The SMILES string of the molecule is CC[C@H]1[C@@H](/C=C/[C@H](CCCCCCCC(=O)OC)OO)[C@@H]2C[C@H]1OO2. The molecule has 1 heterocycles. The summed E-state index contributed by atoms with van der Waals surface area (Å²) in [5.41, 5.74) is 0. The molecule has 1 saturated heterocycles. The highest BCUT2D eigenvalue weighted by atomic mass is 17.2. The van der Waals surface area contributed by atoms with Crippen molar-refractivity contribution in [1.82, 2.24) is 0 Å². The summed E-state index contributed by atoms with van der Waals surface area (Å²) in [7, 11) is 1.42. The normalized spacial score (nSPS) is 29.4. The summed E-state index contributed by atoms with van der Waals surface area (Å²) >= 11 is 0. The van der Waals surface area contributed by atoms with Gasteiger partial charge in [-0.05, 0) is 18.8 Å². The van der Waals surface area contributed by atoms with Crippen molar-refractivity contribution < 1.29 is 29.5 Å². The third kappa shape index (κ3) is 6.06. The number of fused-ring (bicyclic) bond motifs is 2. The quantitative estimate of drug-likeness (QED) is 0.187. The number of carbonyl (C=O) groups excluding carboxylic acids is 1. The molecular weight excluding hydrogens is 324 g/mol. The first-order valence-corrected chi connectivity index (χ1v) is 9.57. The second kappa shape index (κ2) is 10.9. The van der Waals surface area contributed by atoms with Gasteiger partial charge in [-0.3, -0.25) is 10.1 Å². The van der Waals surface area contributed by atoms with Crippen molar-refractivity contribution in [1.29, 1.82) is 0 Å². The molecule has 5 atom stereocenters. The molecular formula is C19H32O6. The summed E-state index contributed by atoms with van der Waals surface area (Å²) in [5.74, 6) is 0.697. The molecule has 1 aliphatic heterocycles. The van der Waals surface area contributed by atoms with Gasteiger partial charge in [-0.15, -0.1) is 0 Å². The molecule has 25 heavy (non-hydrogen) atoms. The number of hydrogen-bond donors (Lipinski definition) is 1. The van der Waals surface area contributed by atoms with Crippen LogP contribution in [0, 0.1) is 11.8 Å². The Morgan fingerprint density at radius 1 is 1.20 bits per heavy atom. The van der Waals surface area contributed by atoms with Crippen LogP contribution >= 0.6 is 0 Å². The first-order chi connectivity index (χ1) is 12.2. The third-order valence-corrected chi connectivity index (χ3v) is 5.42. The summed E-state index contributed by atoms with van der Waals surface area (Å²) < 4.78 is 4.62. The third-order valence-electron chi connectivity index (χ3n) is 5.42. The van der Waals surface area contributed by atoms with E-state index in [-0.39, 0.29) is 24.3 Å². The van der Waals surface area contributed by atoms with E-state index in [0.717, 1.165) is 51.4 Å². The average Bonchev–Trinajstić information content (AvgIpc) is 3.24. The van der Waals surface area contributed by atoms with Gasteiger partial charge in [0.2, 0.25) is 0 Å². The van der Waals surface area contributed by atoms with Gasteiger partial charge in [0.1, 0.15) is 12.2 Å². The summed E-state index contributed by atoms with van der Waals surface area (Å²) in [6, 6.07) is 0. The first-order valence-electron chi connectivity index (χ1n) is 9.57. The molecule has 0 aromatic rings. The molecule has 0 spiro atoms. The molecule has 2 aliphatic rings. The van der Waals surface area contributed by atoms with E-state index in [0.29, 0.717) is 18.3 Å². The van der Waals surface area contributed by atoms with Gasteiger partial charge in [-0.2, -0.15) is 0 Å². The molecule has 6 nitrogen and oxygen atoms in total. The van der Waals surface area contributed by atoms with Crippen LogP contribution in [-0.2, 0) is 24.2 Å². The van der Waals surface area contributed by atoms with Crippen molar-refractivity contribution >= 4 is 5.97 Å². The predicted octanol–water partition coefficient (Wildman–Crippen LogP) is 4.05. The molecule has 144 valence electrons. The number of ether oxygens (including phenoxy) is 1. The van der Waals surface area contributed by atoms with Crippen LogP contribution in [0.1, 0.15) is 64.7 Å². The first kappa shape index (κ1) is 20.4. The van der Waals surface area contributed by atoms with Crippen molar-refractivity contribution in [2.24, 2.45) is 11.8 Å². The van der Waals surface area contributed by atoms with Gasteiger partial charge in [0.25, 0.3) is 0 Å². The molecule has 2 rings (SSSR count). The van der Waals surface area contributed by atoms with Gasteiger partial charge < -0.3 is 4.74 Å². The smallest absolute Gasteiger partial charge is 0.305 e. The van der Waals surface area contributed by atoms with Crippen LogP contribution in [0.25, 0.3) is 0 Å². The molecule has 0 aromatic heterocycles. The summed E-state index contributed by atoms with van der Waals surface area (Å²) in [4.78, 5) is 26.3. The molecule has 2 bridgehead atoms. The van der Waals surface area contributed by atoms with Crippen LogP contribution in [0.3, 0.4) is 0 Å². The number of rotatable bonds is 12. The Balaban J connectivity index is 1.61. The van der Waals surface area contributed by atoms with Crippen molar-refractivity contribution in [3.8, 4) is 0 Å². The van der Waals surface area contributed by atoms with E-state index in [1.165, 1.54) is 7.11 Å². The van der Waals surface area contributed by atoms with E-state index < -0.39 is 0 Å². The fraction of sp³-hybridized carbons (Fsp3) is 0.842. The van der Waals surface area contributed by atoms with Gasteiger partial charge in [0.15, 0.2) is 0 Å². The molecule has 0 amide bonds. The van der Waals surface area contributed by atoms with Gasteiger partial charge in [-0.1, -0.05) is 51.2 Å². The summed E-state index contributed by atoms with van der Waals surface area (Å²) in [6.45, 7) is 2.18. The van der Waals surface area contributed by atoms with Crippen LogP contribution < -0.4 is 0 Å². The van der Waals surface area contributed by atoms with Crippen LogP contribution in [0.15, 0.2) is 12.2 Å². The number of esters is 1. The molecule has 0 radical (unpaired) electrons. The van der Waals surface area contributed by atoms with Crippen molar-refractivity contribution in [2.75, 3.05) is 7.11 Å². The lowest BCUT2D eigenvalue weighted by Gasteiger charge is -2.27. The molecule has 1 saturated carbocycles. The lowest BCUT2D eigenvalue weighted by Crippen LogP contribution is -2.28. The minimum atomic E-state index is -0.271. The van der Waals surface area contributed by atoms with Crippen molar-refractivity contribution in [3.05, 3.63) is 12.2 Å². The van der Waals surface area contributed by atoms with Gasteiger partial charge in [-0.25, -0.2) is 14.7 Å². The van der Waals surface area contributed by atoms with Crippen LogP contribution in [-0.4, -0.2) is 36.6 Å². The van der Waals surface area contributed by atoms with Gasteiger partial charge >= 0.3 is 5.97 Å². The topological polar surface area (TPSA) is 74.2 Å². The van der Waals surface area contributed by atoms with Crippen molar-refractivity contribution in [3.63, 3.8) is 0 Å².